The van der Waals surface area contributed by atoms with Crippen LogP contribution in [0.5, 0.6) is 0 Å². The van der Waals surface area contributed by atoms with E-state index in [-0.39, 0.29) is 10.8 Å². The Kier molecular flexibility index (Phi) is 11.2. The Labute approximate surface area is 463 Å². The highest BCUT2D eigenvalue weighted by molar-refractivity contribution is 6.89. The second kappa shape index (κ2) is 17.6. The predicted octanol–water partition coefficient (Wildman–Crippen LogP) is 19.1. The van der Waals surface area contributed by atoms with Crippen molar-refractivity contribution in [1.29, 1.82) is 0 Å². The van der Waals surface area contributed by atoms with Crippen LogP contribution < -0.4 is 20.2 Å². The minimum atomic E-state index is -1.63. The summed E-state index contributed by atoms with van der Waals surface area (Å²) in [5.41, 5.74) is 19.7. The molecule has 0 atom stereocenters. The third-order valence-corrected chi connectivity index (χ3v) is 21.1. The van der Waals surface area contributed by atoms with Gasteiger partial charge < -0.3 is 14.2 Å². The molecule has 1 spiro atoms. The number of furan rings is 1. The summed E-state index contributed by atoms with van der Waals surface area (Å²) in [4.78, 5) is 10.0. The van der Waals surface area contributed by atoms with Gasteiger partial charge in [-0.3, -0.25) is 0 Å². The van der Waals surface area contributed by atoms with Crippen molar-refractivity contribution in [3.05, 3.63) is 234 Å². The zero-order chi connectivity index (χ0) is 54.3. The van der Waals surface area contributed by atoms with Crippen molar-refractivity contribution in [2.24, 2.45) is 0 Å². The van der Waals surface area contributed by atoms with Gasteiger partial charge in [-0.2, -0.15) is 0 Å². The summed E-state index contributed by atoms with van der Waals surface area (Å²) in [6.07, 6.45) is 1.86. The Hall–Kier alpha value is -7.78. The number of anilines is 6. The number of hydrogen-bond donors (Lipinski definition) is 0. The lowest BCUT2D eigenvalue weighted by molar-refractivity contribution is 0.590. The monoisotopic (exact) mass is 1050 g/mol. The zero-order valence-electron chi connectivity index (χ0n) is 47.3. The van der Waals surface area contributed by atoms with E-state index in [9.17, 15) is 0 Å². The largest absolute Gasteiger partial charge is 0.437 e. The molecule has 2 aliphatic rings. The summed E-state index contributed by atoms with van der Waals surface area (Å²) in [5, 5.41) is 7.25. The van der Waals surface area contributed by atoms with Crippen molar-refractivity contribution in [3.63, 3.8) is 0 Å². The fourth-order valence-electron chi connectivity index (χ4n) is 12.8. The smallest absolute Gasteiger partial charge is 0.227 e. The lowest BCUT2D eigenvalue weighted by atomic mass is 9.70. The molecule has 0 aliphatic heterocycles. The Balaban J connectivity index is 1.18. The van der Waals surface area contributed by atoms with E-state index in [0.29, 0.717) is 5.71 Å². The molecule has 386 valence electrons. The average Bonchev–Trinajstić information content (AvgIpc) is 2.35. The first-order chi connectivity index (χ1) is 37.2. The van der Waals surface area contributed by atoms with Crippen molar-refractivity contribution in [3.8, 4) is 22.3 Å². The Bertz CT molecular complexity index is 4000. The van der Waals surface area contributed by atoms with Crippen molar-refractivity contribution in [2.75, 3.05) is 9.80 Å². The van der Waals surface area contributed by atoms with Crippen LogP contribution in [0.1, 0.15) is 74.9 Å². The van der Waals surface area contributed by atoms with Gasteiger partial charge in [-0.05, 0) is 139 Å². The predicted molar refractivity (Wildman–Crippen MR) is 338 cm³/mol. The average molecular weight is 1050 g/mol. The number of pyridine rings is 1. The summed E-state index contributed by atoms with van der Waals surface area (Å²) >= 11 is 0. The molecule has 2 heterocycles. The Morgan fingerprint density at radius 3 is 1.31 bits per heavy atom. The molecule has 0 fully saturated rings. The third-order valence-electron chi connectivity index (χ3n) is 17.0. The van der Waals surface area contributed by atoms with Crippen LogP contribution >= 0.6 is 0 Å². The molecule has 0 amide bonds. The Morgan fingerprint density at radius 2 is 0.821 bits per heavy atom. The highest BCUT2D eigenvalue weighted by Crippen LogP contribution is 2.67. The van der Waals surface area contributed by atoms with E-state index in [0.717, 1.165) is 56.0 Å². The van der Waals surface area contributed by atoms with Crippen LogP contribution in [-0.2, 0) is 16.2 Å². The van der Waals surface area contributed by atoms with Crippen molar-refractivity contribution >= 4 is 93.5 Å². The van der Waals surface area contributed by atoms with E-state index in [1.165, 1.54) is 71.2 Å². The zero-order valence-corrected chi connectivity index (χ0v) is 49.3. The van der Waals surface area contributed by atoms with Crippen molar-refractivity contribution in [1.82, 2.24) is 4.98 Å². The fraction of sp³-hybridized carbons (Fsp3) is 0.208. The number of rotatable bonds is 8. The quantitative estimate of drug-likeness (QED) is 0.142. The van der Waals surface area contributed by atoms with Gasteiger partial charge in [0.15, 0.2) is 0 Å². The second-order valence-corrected chi connectivity index (χ2v) is 36.2. The van der Waals surface area contributed by atoms with E-state index in [4.69, 9.17) is 9.40 Å². The van der Waals surface area contributed by atoms with E-state index < -0.39 is 21.6 Å². The van der Waals surface area contributed by atoms with Crippen molar-refractivity contribution in [2.45, 2.75) is 97.1 Å². The first-order valence-corrected chi connectivity index (χ1v) is 34.9. The maximum Gasteiger partial charge on any atom is 0.227 e. The van der Waals surface area contributed by atoms with E-state index in [1.807, 2.05) is 6.20 Å². The van der Waals surface area contributed by atoms with Gasteiger partial charge in [0.05, 0.1) is 43.7 Å². The van der Waals surface area contributed by atoms with E-state index in [2.05, 4.69) is 285 Å². The summed E-state index contributed by atoms with van der Waals surface area (Å²) < 4.78 is 7.42. The molecule has 0 saturated carbocycles. The van der Waals surface area contributed by atoms with Crippen LogP contribution in [0.4, 0.5) is 34.1 Å². The van der Waals surface area contributed by atoms with Gasteiger partial charge in [0.25, 0.3) is 0 Å². The van der Waals surface area contributed by atoms with E-state index >= 15 is 0 Å². The van der Waals surface area contributed by atoms with Crippen LogP contribution in [0, 0.1) is 0 Å². The summed E-state index contributed by atoms with van der Waals surface area (Å²) in [7, 11) is -3.24. The van der Waals surface area contributed by atoms with Crippen LogP contribution in [0.3, 0.4) is 0 Å². The molecule has 11 aromatic rings. The minimum absolute atomic E-state index is 0.00325. The molecule has 78 heavy (non-hydrogen) atoms. The molecule has 2 aliphatic carbocycles. The SMILES string of the molecule is CC(C)(C)c1ccc(N(c2ccc([Si](C)(C)C)cc2)c2cc3c(c4ccccc24)-c2c(cc(N(c4ccc(C(C)(C)C)cc4)c4ccc([Si](C)(C)C)cc4)c4c2oc2ncccc24)C32c3ccccc3-c3ccccc32)cc1. The first-order valence-electron chi connectivity index (χ1n) is 27.9. The summed E-state index contributed by atoms with van der Waals surface area (Å²) in [6.45, 7) is 28.3. The number of nitrogens with zero attached hydrogens (tertiary/aromatic N) is 3. The molecule has 0 unspecified atom stereocenters. The minimum Gasteiger partial charge on any atom is -0.437 e. The topological polar surface area (TPSA) is 32.5 Å². The fourth-order valence-corrected chi connectivity index (χ4v) is 15.2. The molecule has 4 nitrogen and oxygen atoms in total. The van der Waals surface area contributed by atoms with Crippen LogP contribution in [-0.4, -0.2) is 21.1 Å². The number of aromatic nitrogens is 1. The molecule has 0 N–H and O–H groups in total. The summed E-state index contributed by atoms with van der Waals surface area (Å²) in [5.74, 6) is 0. The summed E-state index contributed by atoms with van der Waals surface area (Å²) in [6, 6.07) is 74.3. The van der Waals surface area contributed by atoms with Crippen LogP contribution in [0.15, 0.2) is 205 Å². The molecule has 2 aromatic heterocycles. The van der Waals surface area contributed by atoms with Crippen LogP contribution in [0.25, 0.3) is 55.1 Å². The normalized spacial score (nSPS) is 13.7. The lowest BCUT2D eigenvalue weighted by Crippen LogP contribution is -2.37. The number of hydrogen-bond acceptors (Lipinski definition) is 4. The van der Waals surface area contributed by atoms with Crippen molar-refractivity contribution < 1.29 is 4.42 Å². The van der Waals surface area contributed by atoms with E-state index in [1.54, 1.807) is 0 Å². The Morgan fingerprint density at radius 1 is 0.410 bits per heavy atom. The molecule has 13 rings (SSSR count). The molecule has 0 saturated heterocycles. The highest BCUT2D eigenvalue weighted by Gasteiger charge is 2.54. The van der Waals surface area contributed by atoms with Gasteiger partial charge >= 0.3 is 0 Å². The highest BCUT2D eigenvalue weighted by atomic mass is 28.3. The number of fused-ring (bicyclic) bond motifs is 16. The molecule has 0 bridgehead atoms. The van der Waals surface area contributed by atoms with Gasteiger partial charge in [-0.25, -0.2) is 4.98 Å². The molecule has 6 heteroatoms. The second-order valence-electron chi connectivity index (χ2n) is 26.0. The molecule has 0 radical (unpaired) electrons. The third kappa shape index (κ3) is 7.69. The van der Waals surface area contributed by atoms with Gasteiger partial charge in [0.2, 0.25) is 5.71 Å². The van der Waals surface area contributed by atoms with Gasteiger partial charge in [-0.15, -0.1) is 0 Å². The van der Waals surface area contributed by atoms with Gasteiger partial charge in [0.1, 0.15) is 5.58 Å². The first kappa shape index (κ1) is 49.8. The maximum absolute atomic E-state index is 7.42. The molecular weight excluding hydrogens is 979 g/mol. The van der Waals surface area contributed by atoms with Gasteiger partial charge in [-0.1, -0.05) is 213 Å². The van der Waals surface area contributed by atoms with Crippen LogP contribution in [0.2, 0.25) is 39.3 Å². The standard InChI is InChI=1S/C72H69N3OSi2/c1-70(2,3)46-27-31-48(32-28-46)74(50-35-39-52(40-36-50)77(7,8)9)63-44-61-65(57-23-14-13-22-56(57)63)67-62(72(61)59-25-17-15-20-54(59)55-21-16-18-26-60(55)72)45-64(66-58-24-19-43-73-69(58)76-68(66)67)75(49-33-29-47(30-34-49)71(4,5)6)51-37-41-53(42-38-51)78(10,11)12/h13-45H,1-12H3. The lowest BCUT2D eigenvalue weighted by Gasteiger charge is -2.34. The molecule has 9 aromatic carbocycles. The number of benzene rings is 9. The molecular formula is C72H69N3OSi2. The maximum atomic E-state index is 7.42. The van der Waals surface area contributed by atoms with Gasteiger partial charge in [0, 0.05) is 39.9 Å².